The molecule has 112 valence electrons. The smallest absolute Gasteiger partial charge is 0.146 e. The van der Waals surface area contributed by atoms with Gasteiger partial charge in [0.1, 0.15) is 11.6 Å². The summed E-state index contributed by atoms with van der Waals surface area (Å²) in [7, 11) is 1.75. The van der Waals surface area contributed by atoms with Gasteiger partial charge in [0.05, 0.1) is 11.7 Å². The average molecular weight is 290 g/mol. The van der Waals surface area contributed by atoms with E-state index in [4.69, 9.17) is 5.73 Å². The third-order valence-electron chi connectivity index (χ3n) is 3.80. The molecule has 2 aromatic carbocycles. The summed E-state index contributed by atoms with van der Waals surface area (Å²) in [6.07, 6.45) is 0. The van der Waals surface area contributed by atoms with Gasteiger partial charge in [0, 0.05) is 18.7 Å². The quantitative estimate of drug-likeness (QED) is 0.915. The average Bonchev–Trinajstić information content (AvgIpc) is 2.46. The molecule has 2 N–H and O–H groups in total. The van der Waals surface area contributed by atoms with Crippen molar-refractivity contribution in [3.63, 3.8) is 0 Å². The van der Waals surface area contributed by atoms with Gasteiger partial charge in [0.2, 0.25) is 0 Å². The molecule has 0 fully saturated rings. The van der Waals surface area contributed by atoms with Crippen molar-refractivity contribution in [3.8, 4) is 0 Å². The lowest BCUT2D eigenvalue weighted by atomic mass is 10.0. The van der Waals surface area contributed by atoms with Gasteiger partial charge in [-0.05, 0) is 31.5 Å². The van der Waals surface area contributed by atoms with Crippen molar-refractivity contribution in [2.75, 3.05) is 11.9 Å². The van der Waals surface area contributed by atoms with Crippen molar-refractivity contribution >= 4 is 5.69 Å². The van der Waals surface area contributed by atoms with Crippen LogP contribution in [0.1, 0.15) is 37.1 Å². The zero-order valence-electron chi connectivity index (χ0n) is 12.5. The van der Waals surface area contributed by atoms with E-state index in [0.717, 1.165) is 0 Å². The first-order chi connectivity index (χ1) is 9.93. The lowest BCUT2D eigenvalue weighted by Gasteiger charge is -2.30. The highest BCUT2D eigenvalue weighted by atomic mass is 19.1. The third-order valence-corrected chi connectivity index (χ3v) is 3.80. The maximum Gasteiger partial charge on any atom is 0.146 e. The van der Waals surface area contributed by atoms with Crippen LogP contribution in [0.2, 0.25) is 0 Å². The summed E-state index contributed by atoms with van der Waals surface area (Å²) in [6, 6.07) is 10.8. The molecule has 0 spiro atoms. The van der Waals surface area contributed by atoms with E-state index in [9.17, 15) is 8.78 Å². The van der Waals surface area contributed by atoms with Crippen LogP contribution in [-0.2, 0) is 0 Å². The number of anilines is 1. The SMILES string of the molecule is CC(N)c1cccc(F)c1N(C)C(C)c1ccccc1F. The van der Waals surface area contributed by atoms with Gasteiger partial charge in [-0.3, -0.25) is 0 Å². The van der Waals surface area contributed by atoms with Crippen molar-refractivity contribution in [2.24, 2.45) is 5.73 Å². The molecule has 21 heavy (non-hydrogen) atoms. The molecule has 2 atom stereocenters. The van der Waals surface area contributed by atoms with Crippen molar-refractivity contribution in [2.45, 2.75) is 25.9 Å². The van der Waals surface area contributed by atoms with Crippen molar-refractivity contribution < 1.29 is 8.78 Å². The molecule has 0 aliphatic heterocycles. The van der Waals surface area contributed by atoms with Gasteiger partial charge in [-0.1, -0.05) is 30.3 Å². The Morgan fingerprint density at radius 2 is 1.48 bits per heavy atom. The summed E-state index contributed by atoms with van der Waals surface area (Å²) in [5.41, 5.74) is 7.58. The standard InChI is InChI=1S/C17H20F2N2/c1-11(20)13-8-6-10-16(19)17(13)21(3)12(2)14-7-4-5-9-15(14)18/h4-12H,20H2,1-3H3. The van der Waals surface area contributed by atoms with Gasteiger partial charge in [-0.15, -0.1) is 0 Å². The topological polar surface area (TPSA) is 29.3 Å². The van der Waals surface area contributed by atoms with E-state index in [-0.39, 0.29) is 23.7 Å². The molecular weight excluding hydrogens is 270 g/mol. The lowest BCUT2D eigenvalue weighted by molar-refractivity contribution is 0.572. The van der Waals surface area contributed by atoms with E-state index in [1.54, 1.807) is 49.2 Å². The Morgan fingerprint density at radius 3 is 2.10 bits per heavy atom. The van der Waals surface area contributed by atoms with Gasteiger partial charge in [0.15, 0.2) is 0 Å². The molecule has 0 saturated carbocycles. The molecule has 0 saturated heterocycles. The maximum absolute atomic E-state index is 14.2. The highest BCUT2D eigenvalue weighted by Gasteiger charge is 2.22. The number of nitrogens with two attached hydrogens (primary N) is 1. The summed E-state index contributed by atoms with van der Waals surface area (Å²) >= 11 is 0. The Morgan fingerprint density at radius 1 is 0.905 bits per heavy atom. The summed E-state index contributed by atoms with van der Waals surface area (Å²) in [6.45, 7) is 3.65. The van der Waals surface area contributed by atoms with E-state index in [1.165, 1.54) is 12.1 Å². The monoisotopic (exact) mass is 290 g/mol. The summed E-state index contributed by atoms with van der Waals surface area (Å²) in [5, 5.41) is 0. The first kappa shape index (κ1) is 15.4. The Bertz CT molecular complexity index is 626. The number of rotatable bonds is 4. The fraction of sp³-hybridized carbons (Fsp3) is 0.294. The second kappa shape index (κ2) is 6.22. The number of hydrogen-bond donors (Lipinski definition) is 1. The second-order valence-corrected chi connectivity index (χ2v) is 5.27. The minimum Gasteiger partial charge on any atom is -0.365 e. The fourth-order valence-corrected chi connectivity index (χ4v) is 2.49. The van der Waals surface area contributed by atoms with Gasteiger partial charge in [-0.2, -0.15) is 0 Å². The van der Waals surface area contributed by atoms with E-state index >= 15 is 0 Å². The summed E-state index contributed by atoms with van der Waals surface area (Å²) < 4.78 is 28.2. The van der Waals surface area contributed by atoms with Crippen molar-refractivity contribution in [3.05, 3.63) is 65.2 Å². The summed E-state index contributed by atoms with van der Waals surface area (Å²) in [5.74, 6) is -0.647. The van der Waals surface area contributed by atoms with E-state index in [2.05, 4.69) is 0 Å². The molecule has 0 aliphatic rings. The van der Waals surface area contributed by atoms with Crippen LogP contribution >= 0.6 is 0 Å². The van der Waals surface area contributed by atoms with Crippen LogP contribution < -0.4 is 10.6 Å². The number of hydrogen-bond acceptors (Lipinski definition) is 2. The van der Waals surface area contributed by atoms with E-state index in [0.29, 0.717) is 16.8 Å². The van der Waals surface area contributed by atoms with Gasteiger partial charge < -0.3 is 10.6 Å². The van der Waals surface area contributed by atoms with Crippen LogP contribution in [-0.4, -0.2) is 7.05 Å². The molecule has 0 amide bonds. The first-order valence-electron chi connectivity index (χ1n) is 6.94. The number of para-hydroxylation sites is 1. The van der Waals surface area contributed by atoms with Crippen LogP contribution in [0.3, 0.4) is 0 Å². The van der Waals surface area contributed by atoms with Crippen LogP contribution in [0.15, 0.2) is 42.5 Å². The molecule has 4 heteroatoms. The van der Waals surface area contributed by atoms with Crippen LogP contribution in [0, 0.1) is 11.6 Å². The minimum absolute atomic E-state index is 0.296. The molecule has 2 aromatic rings. The first-order valence-corrected chi connectivity index (χ1v) is 6.94. The van der Waals surface area contributed by atoms with Crippen LogP contribution in [0.4, 0.5) is 14.5 Å². The van der Waals surface area contributed by atoms with Crippen LogP contribution in [0.5, 0.6) is 0 Å². The van der Waals surface area contributed by atoms with Crippen molar-refractivity contribution in [1.29, 1.82) is 0 Å². The number of benzene rings is 2. The zero-order chi connectivity index (χ0) is 15.6. The Kier molecular flexibility index (Phi) is 4.58. The Labute approximate surface area is 124 Å². The van der Waals surface area contributed by atoms with E-state index < -0.39 is 0 Å². The predicted molar refractivity (Wildman–Crippen MR) is 82.2 cm³/mol. The highest BCUT2D eigenvalue weighted by Crippen LogP contribution is 2.33. The number of nitrogens with zero attached hydrogens (tertiary/aromatic N) is 1. The molecular formula is C17H20F2N2. The number of halogens is 2. The molecule has 0 bridgehead atoms. The Hall–Kier alpha value is -1.94. The van der Waals surface area contributed by atoms with Gasteiger partial charge in [0.25, 0.3) is 0 Å². The zero-order valence-corrected chi connectivity index (χ0v) is 12.5. The molecule has 0 radical (unpaired) electrons. The van der Waals surface area contributed by atoms with Gasteiger partial charge in [-0.25, -0.2) is 8.78 Å². The van der Waals surface area contributed by atoms with Crippen LogP contribution in [0.25, 0.3) is 0 Å². The molecule has 0 heterocycles. The third kappa shape index (κ3) is 3.05. The van der Waals surface area contributed by atoms with Gasteiger partial charge >= 0.3 is 0 Å². The molecule has 0 aromatic heterocycles. The molecule has 2 nitrogen and oxygen atoms in total. The fourth-order valence-electron chi connectivity index (χ4n) is 2.49. The normalized spacial score (nSPS) is 13.8. The maximum atomic E-state index is 14.2. The second-order valence-electron chi connectivity index (χ2n) is 5.27. The predicted octanol–water partition coefficient (Wildman–Crippen LogP) is 4.18. The highest BCUT2D eigenvalue weighted by molar-refractivity contribution is 5.57. The largest absolute Gasteiger partial charge is 0.365 e. The molecule has 2 unspecified atom stereocenters. The van der Waals surface area contributed by atoms with E-state index in [1.807, 2.05) is 6.92 Å². The summed E-state index contributed by atoms with van der Waals surface area (Å²) in [4.78, 5) is 1.73. The molecule has 2 rings (SSSR count). The Balaban J connectivity index is 2.45. The lowest BCUT2D eigenvalue weighted by Crippen LogP contribution is -2.26. The molecule has 0 aliphatic carbocycles. The van der Waals surface area contributed by atoms with Crippen molar-refractivity contribution in [1.82, 2.24) is 0 Å². The minimum atomic E-state index is -0.351.